The third kappa shape index (κ3) is 6.68. The minimum atomic E-state index is -0.434. The molecule has 0 heterocycles. The van der Waals surface area contributed by atoms with Crippen LogP contribution >= 0.6 is 0 Å². The standard InChI is InChI=1S/C27H36N2O2/c1-3-21-14-16-22(17-15-21)18-19-26(30)29(20-23-10-6-5-7-11-23)25(4-2)27(31)28-24-12-8-9-13-24/h5-7,10-11,14-17,24-25H,3-4,8-9,12-13,18-20H2,1-2H3,(H,28,31). The molecule has 2 amide bonds. The Hall–Kier alpha value is -2.62. The van der Waals surface area contributed by atoms with E-state index in [4.69, 9.17) is 0 Å². The number of hydrogen-bond acceptors (Lipinski definition) is 2. The third-order valence-electron chi connectivity index (χ3n) is 6.34. The van der Waals surface area contributed by atoms with E-state index in [1.54, 1.807) is 4.90 Å². The van der Waals surface area contributed by atoms with E-state index in [9.17, 15) is 9.59 Å². The number of nitrogens with one attached hydrogen (secondary N) is 1. The summed E-state index contributed by atoms with van der Waals surface area (Å²) in [4.78, 5) is 28.2. The second kappa shape index (κ2) is 11.7. The van der Waals surface area contributed by atoms with Crippen molar-refractivity contribution in [1.82, 2.24) is 10.2 Å². The summed E-state index contributed by atoms with van der Waals surface area (Å²) in [6.07, 6.45) is 7.16. The van der Waals surface area contributed by atoms with E-state index in [1.807, 2.05) is 37.3 Å². The summed E-state index contributed by atoms with van der Waals surface area (Å²) >= 11 is 0. The monoisotopic (exact) mass is 420 g/mol. The van der Waals surface area contributed by atoms with E-state index in [1.165, 1.54) is 18.4 Å². The van der Waals surface area contributed by atoms with Crippen LogP contribution in [0.2, 0.25) is 0 Å². The Morgan fingerprint density at radius 3 is 2.19 bits per heavy atom. The molecule has 4 nitrogen and oxygen atoms in total. The number of amides is 2. The van der Waals surface area contributed by atoms with Gasteiger partial charge in [-0.05, 0) is 48.8 Å². The molecule has 1 aliphatic carbocycles. The van der Waals surface area contributed by atoms with Crippen molar-refractivity contribution in [3.8, 4) is 0 Å². The van der Waals surface area contributed by atoms with Gasteiger partial charge in [0.15, 0.2) is 0 Å². The Balaban J connectivity index is 1.71. The normalized spacial score (nSPS) is 14.9. The van der Waals surface area contributed by atoms with Crippen LogP contribution in [-0.4, -0.2) is 28.8 Å². The zero-order valence-electron chi connectivity index (χ0n) is 19.0. The quantitative estimate of drug-likeness (QED) is 0.585. The second-order valence-corrected chi connectivity index (χ2v) is 8.59. The van der Waals surface area contributed by atoms with E-state index in [-0.39, 0.29) is 17.9 Å². The molecule has 166 valence electrons. The van der Waals surface area contributed by atoms with Crippen molar-refractivity contribution in [3.05, 3.63) is 71.3 Å². The molecular formula is C27H36N2O2. The number of hydrogen-bond donors (Lipinski definition) is 1. The van der Waals surface area contributed by atoms with Crippen LogP contribution in [-0.2, 0) is 29.0 Å². The third-order valence-corrected chi connectivity index (χ3v) is 6.34. The van der Waals surface area contributed by atoms with Crippen LogP contribution in [0, 0.1) is 0 Å². The second-order valence-electron chi connectivity index (χ2n) is 8.59. The fraction of sp³-hybridized carbons (Fsp3) is 0.481. The molecule has 1 fully saturated rings. The number of benzene rings is 2. The number of aryl methyl sites for hydroxylation is 2. The molecular weight excluding hydrogens is 384 g/mol. The number of nitrogens with zero attached hydrogens (tertiary/aromatic N) is 1. The highest BCUT2D eigenvalue weighted by molar-refractivity contribution is 5.88. The van der Waals surface area contributed by atoms with E-state index >= 15 is 0 Å². The predicted molar refractivity (Wildman–Crippen MR) is 126 cm³/mol. The van der Waals surface area contributed by atoms with Crippen LogP contribution in [0.15, 0.2) is 54.6 Å². The van der Waals surface area contributed by atoms with Crippen molar-refractivity contribution in [2.75, 3.05) is 0 Å². The molecule has 1 atom stereocenters. The van der Waals surface area contributed by atoms with Gasteiger partial charge in [0.25, 0.3) is 0 Å². The molecule has 31 heavy (non-hydrogen) atoms. The van der Waals surface area contributed by atoms with E-state index in [2.05, 4.69) is 36.5 Å². The first-order valence-corrected chi connectivity index (χ1v) is 11.8. The van der Waals surface area contributed by atoms with Gasteiger partial charge in [0, 0.05) is 19.0 Å². The highest BCUT2D eigenvalue weighted by atomic mass is 16.2. The summed E-state index contributed by atoms with van der Waals surface area (Å²) in [5.41, 5.74) is 3.51. The minimum absolute atomic E-state index is 0.00835. The molecule has 1 N–H and O–H groups in total. The molecule has 3 rings (SSSR count). The summed E-state index contributed by atoms with van der Waals surface area (Å²) in [7, 11) is 0. The van der Waals surface area contributed by atoms with Crippen LogP contribution in [0.1, 0.15) is 69.1 Å². The highest BCUT2D eigenvalue weighted by Crippen LogP contribution is 2.20. The molecule has 2 aromatic carbocycles. The van der Waals surface area contributed by atoms with E-state index < -0.39 is 6.04 Å². The molecule has 0 radical (unpaired) electrons. The van der Waals surface area contributed by atoms with Crippen LogP contribution < -0.4 is 5.32 Å². The molecule has 4 heteroatoms. The maximum absolute atomic E-state index is 13.3. The molecule has 0 spiro atoms. The van der Waals surface area contributed by atoms with Crippen molar-refractivity contribution in [1.29, 1.82) is 0 Å². The minimum Gasteiger partial charge on any atom is -0.352 e. The van der Waals surface area contributed by atoms with Crippen LogP contribution in [0.5, 0.6) is 0 Å². The predicted octanol–water partition coefficient (Wildman–Crippen LogP) is 5.05. The fourth-order valence-corrected chi connectivity index (χ4v) is 4.40. The zero-order valence-corrected chi connectivity index (χ0v) is 19.0. The smallest absolute Gasteiger partial charge is 0.243 e. The summed E-state index contributed by atoms with van der Waals surface area (Å²) < 4.78 is 0. The topological polar surface area (TPSA) is 49.4 Å². The lowest BCUT2D eigenvalue weighted by atomic mass is 10.0. The van der Waals surface area contributed by atoms with Gasteiger partial charge in [0.1, 0.15) is 6.04 Å². The van der Waals surface area contributed by atoms with Gasteiger partial charge >= 0.3 is 0 Å². The average molecular weight is 421 g/mol. The number of rotatable bonds is 10. The number of carbonyl (C=O) groups is 2. The average Bonchev–Trinajstić information content (AvgIpc) is 3.31. The Kier molecular flexibility index (Phi) is 8.69. The van der Waals surface area contributed by atoms with Crippen LogP contribution in [0.25, 0.3) is 0 Å². The molecule has 0 aliphatic heterocycles. The van der Waals surface area contributed by atoms with Crippen molar-refractivity contribution >= 4 is 11.8 Å². The van der Waals surface area contributed by atoms with Crippen LogP contribution in [0.4, 0.5) is 0 Å². The van der Waals surface area contributed by atoms with Gasteiger partial charge in [0.2, 0.25) is 11.8 Å². The summed E-state index contributed by atoms with van der Waals surface area (Å²) in [6, 6.07) is 18.3. The Morgan fingerprint density at radius 1 is 0.935 bits per heavy atom. The van der Waals surface area contributed by atoms with Gasteiger partial charge in [0.05, 0.1) is 0 Å². The first kappa shape index (κ1) is 23.1. The zero-order chi connectivity index (χ0) is 22.1. The molecule has 0 saturated heterocycles. The summed E-state index contributed by atoms with van der Waals surface area (Å²) in [5.74, 6) is 0.0304. The van der Waals surface area contributed by atoms with Gasteiger partial charge < -0.3 is 10.2 Å². The largest absolute Gasteiger partial charge is 0.352 e. The molecule has 1 aliphatic rings. The first-order chi connectivity index (χ1) is 15.1. The van der Waals surface area contributed by atoms with Crippen molar-refractivity contribution in [2.24, 2.45) is 0 Å². The van der Waals surface area contributed by atoms with Gasteiger partial charge in [-0.3, -0.25) is 9.59 Å². The van der Waals surface area contributed by atoms with Crippen molar-refractivity contribution in [2.45, 2.75) is 83.8 Å². The first-order valence-electron chi connectivity index (χ1n) is 11.8. The maximum atomic E-state index is 13.3. The van der Waals surface area contributed by atoms with Gasteiger partial charge in [-0.15, -0.1) is 0 Å². The van der Waals surface area contributed by atoms with Crippen molar-refractivity contribution < 1.29 is 9.59 Å². The highest BCUT2D eigenvalue weighted by Gasteiger charge is 2.30. The molecule has 1 unspecified atom stereocenters. The lowest BCUT2D eigenvalue weighted by molar-refractivity contribution is -0.141. The SMILES string of the molecule is CCc1ccc(CCC(=O)N(Cc2ccccc2)C(CC)C(=O)NC2CCCC2)cc1. The Bertz CT molecular complexity index is 826. The Labute approximate surface area is 187 Å². The lowest BCUT2D eigenvalue weighted by Gasteiger charge is -2.31. The van der Waals surface area contributed by atoms with Gasteiger partial charge in [-0.1, -0.05) is 81.3 Å². The van der Waals surface area contributed by atoms with E-state index in [0.717, 1.165) is 30.4 Å². The van der Waals surface area contributed by atoms with Crippen LogP contribution in [0.3, 0.4) is 0 Å². The molecule has 1 saturated carbocycles. The molecule has 0 bridgehead atoms. The lowest BCUT2D eigenvalue weighted by Crippen LogP contribution is -2.51. The summed E-state index contributed by atoms with van der Waals surface area (Å²) in [5, 5.41) is 3.20. The molecule has 0 aromatic heterocycles. The summed E-state index contributed by atoms with van der Waals surface area (Å²) in [6.45, 7) is 4.60. The molecule has 2 aromatic rings. The fourth-order valence-electron chi connectivity index (χ4n) is 4.40. The van der Waals surface area contributed by atoms with Crippen molar-refractivity contribution in [3.63, 3.8) is 0 Å². The van der Waals surface area contributed by atoms with Gasteiger partial charge in [-0.2, -0.15) is 0 Å². The Morgan fingerprint density at radius 2 is 1.58 bits per heavy atom. The van der Waals surface area contributed by atoms with E-state index in [0.29, 0.717) is 25.8 Å². The van der Waals surface area contributed by atoms with Gasteiger partial charge in [-0.25, -0.2) is 0 Å². The maximum Gasteiger partial charge on any atom is 0.243 e. The number of carbonyl (C=O) groups excluding carboxylic acids is 2.